The molecule has 8 heteroatoms. The van der Waals surface area contributed by atoms with Gasteiger partial charge in [0, 0.05) is 42.0 Å². The fourth-order valence-electron chi connectivity index (χ4n) is 5.51. The monoisotopic (exact) mass is 450 g/mol. The first kappa shape index (κ1) is 20.9. The van der Waals surface area contributed by atoms with Crippen molar-refractivity contribution in [3.8, 4) is 11.1 Å². The zero-order valence-corrected chi connectivity index (χ0v) is 19.7. The topological polar surface area (TPSA) is 83.7 Å². The average molecular weight is 451 g/mol. The van der Waals surface area contributed by atoms with Crippen LogP contribution in [0.15, 0.2) is 62.7 Å². The average Bonchev–Trinajstić information content (AvgIpc) is 3.27. The predicted octanol–water partition coefficient (Wildman–Crippen LogP) is 4.44. The van der Waals surface area contributed by atoms with Gasteiger partial charge in [-0.25, -0.2) is 0 Å². The number of carbonyl (C=O) groups is 1. The molecule has 2 N–H and O–H groups in total. The van der Waals surface area contributed by atoms with Crippen molar-refractivity contribution in [1.82, 2.24) is 20.4 Å². The maximum absolute atomic E-state index is 13.6. The third-order valence-electron chi connectivity index (χ3n) is 6.76. The molecule has 0 spiro atoms. The number of hydrogen-bond acceptors (Lipinski definition) is 5. The van der Waals surface area contributed by atoms with E-state index in [0.717, 1.165) is 39.2 Å². The molecule has 2 atom stereocenters. The SMILES string of the molecule is CCC1(c2cccc(-c3cn(C)nc3C)c2)C2=C(CC(C)(C)NC2=O)NC2N=NC(Cl)=C21. The lowest BCUT2D eigenvalue weighted by Crippen LogP contribution is -2.58. The van der Waals surface area contributed by atoms with Crippen LogP contribution >= 0.6 is 11.6 Å². The number of nitrogens with zero attached hydrogens (tertiary/aromatic N) is 4. The molecule has 32 heavy (non-hydrogen) atoms. The van der Waals surface area contributed by atoms with E-state index >= 15 is 0 Å². The van der Waals surface area contributed by atoms with Gasteiger partial charge in [0.1, 0.15) is 0 Å². The van der Waals surface area contributed by atoms with Crippen LogP contribution in [0.4, 0.5) is 0 Å². The number of azo groups is 1. The van der Waals surface area contributed by atoms with E-state index in [1.165, 1.54) is 0 Å². The van der Waals surface area contributed by atoms with Crippen molar-refractivity contribution in [3.63, 3.8) is 0 Å². The van der Waals surface area contributed by atoms with Crippen LogP contribution < -0.4 is 10.6 Å². The quantitative estimate of drug-likeness (QED) is 0.678. The number of benzene rings is 1. The van der Waals surface area contributed by atoms with Gasteiger partial charge in [-0.05, 0) is 44.4 Å². The second-order valence-corrected chi connectivity index (χ2v) is 9.83. The molecule has 5 rings (SSSR count). The van der Waals surface area contributed by atoms with Crippen LogP contribution in [0.3, 0.4) is 0 Å². The standard InChI is InChI=1S/C24H27ClN6O/c1-6-24(15-9-7-8-14(10-15)16-12-31(5)30-13(16)2)18-17(11-23(3,4)27-22(18)32)26-21-19(24)20(25)28-29-21/h7-10,12,21,26H,6,11H2,1-5H3,(H,27,32). The number of aryl methyl sites for hydroxylation is 2. The molecule has 1 aromatic heterocycles. The summed E-state index contributed by atoms with van der Waals surface area (Å²) in [6, 6.07) is 8.35. The fourth-order valence-corrected chi connectivity index (χ4v) is 5.81. The smallest absolute Gasteiger partial charge is 0.250 e. The van der Waals surface area contributed by atoms with Gasteiger partial charge in [-0.1, -0.05) is 36.7 Å². The van der Waals surface area contributed by atoms with Gasteiger partial charge >= 0.3 is 0 Å². The number of hydrogen-bond donors (Lipinski definition) is 2. The van der Waals surface area contributed by atoms with Crippen LogP contribution in [-0.2, 0) is 17.3 Å². The van der Waals surface area contributed by atoms with Gasteiger partial charge in [-0.15, -0.1) is 5.11 Å². The van der Waals surface area contributed by atoms with Crippen LogP contribution in [-0.4, -0.2) is 27.4 Å². The second kappa shape index (κ2) is 7.04. The Morgan fingerprint density at radius 1 is 1.31 bits per heavy atom. The minimum Gasteiger partial charge on any atom is -0.362 e. The van der Waals surface area contributed by atoms with Crippen molar-refractivity contribution in [2.45, 2.75) is 57.7 Å². The van der Waals surface area contributed by atoms with Crippen molar-refractivity contribution >= 4 is 17.5 Å². The lowest BCUT2D eigenvalue weighted by atomic mass is 9.62. The highest BCUT2D eigenvalue weighted by atomic mass is 35.5. The van der Waals surface area contributed by atoms with E-state index in [9.17, 15) is 4.79 Å². The van der Waals surface area contributed by atoms with Gasteiger partial charge in [0.25, 0.3) is 5.91 Å². The first-order valence-corrected chi connectivity index (χ1v) is 11.3. The molecular formula is C24H27ClN6O. The summed E-state index contributed by atoms with van der Waals surface area (Å²) in [5.74, 6) is -0.0733. The van der Waals surface area contributed by atoms with E-state index in [2.05, 4.69) is 51.1 Å². The zero-order valence-electron chi connectivity index (χ0n) is 19.0. The maximum Gasteiger partial charge on any atom is 0.250 e. The van der Waals surface area contributed by atoms with E-state index in [0.29, 0.717) is 18.0 Å². The second-order valence-electron chi connectivity index (χ2n) is 9.48. The molecule has 2 unspecified atom stereocenters. The van der Waals surface area contributed by atoms with E-state index in [1.54, 1.807) is 0 Å². The first-order valence-electron chi connectivity index (χ1n) is 10.9. The van der Waals surface area contributed by atoms with Crippen molar-refractivity contribution in [2.75, 3.05) is 0 Å². The largest absolute Gasteiger partial charge is 0.362 e. The normalized spacial score (nSPS) is 26.1. The Labute approximate surface area is 192 Å². The number of fused-ring (bicyclic) bond motifs is 1. The summed E-state index contributed by atoms with van der Waals surface area (Å²) in [5.41, 5.74) is 5.49. The molecule has 4 heterocycles. The molecule has 0 saturated heterocycles. The van der Waals surface area contributed by atoms with Crippen LogP contribution in [0.2, 0.25) is 0 Å². The van der Waals surface area contributed by atoms with Gasteiger partial charge in [-0.3, -0.25) is 9.48 Å². The zero-order chi connectivity index (χ0) is 22.8. The number of halogens is 1. The molecular weight excluding hydrogens is 424 g/mol. The first-order chi connectivity index (χ1) is 15.2. The summed E-state index contributed by atoms with van der Waals surface area (Å²) in [4.78, 5) is 13.6. The summed E-state index contributed by atoms with van der Waals surface area (Å²) in [5, 5.41) is 20.1. The third kappa shape index (κ3) is 2.94. The van der Waals surface area contributed by atoms with Crippen LogP contribution in [0.25, 0.3) is 11.1 Å². The lowest BCUT2D eigenvalue weighted by molar-refractivity contribution is -0.120. The molecule has 0 radical (unpaired) electrons. The van der Waals surface area contributed by atoms with Crippen molar-refractivity contribution in [3.05, 3.63) is 63.7 Å². The van der Waals surface area contributed by atoms with Crippen LogP contribution in [0.5, 0.6) is 0 Å². The van der Waals surface area contributed by atoms with Crippen molar-refractivity contribution in [1.29, 1.82) is 0 Å². The number of nitrogens with one attached hydrogen (secondary N) is 2. The summed E-state index contributed by atoms with van der Waals surface area (Å²) in [6.07, 6.45) is 3.00. The Balaban J connectivity index is 1.78. The summed E-state index contributed by atoms with van der Waals surface area (Å²) >= 11 is 6.63. The predicted molar refractivity (Wildman–Crippen MR) is 124 cm³/mol. The molecule has 0 fully saturated rings. The van der Waals surface area contributed by atoms with Crippen molar-refractivity contribution in [2.24, 2.45) is 17.3 Å². The van der Waals surface area contributed by atoms with E-state index in [4.69, 9.17) is 11.6 Å². The maximum atomic E-state index is 13.6. The molecule has 1 amide bonds. The van der Waals surface area contributed by atoms with Crippen LogP contribution in [0, 0.1) is 6.92 Å². The highest BCUT2D eigenvalue weighted by molar-refractivity contribution is 6.30. The highest BCUT2D eigenvalue weighted by Crippen LogP contribution is 2.53. The van der Waals surface area contributed by atoms with Crippen molar-refractivity contribution < 1.29 is 4.79 Å². The summed E-state index contributed by atoms with van der Waals surface area (Å²) < 4.78 is 1.82. The molecule has 3 aliphatic heterocycles. The molecule has 0 aliphatic carbocycles. The lowest BCUT2D eigenvalue weighted by Gasteiger charge is -2.48. The molecule has 7 nitrogen and oxygen atoms in total. The third-order valence-corrected chi connectivity index (χ3v) is 7.04. The van der Waals surface area contributed by atoms with Gasteiger partial charge in [-0.2, -0.15) is 10.2 Å². The Kier molecular flexibility index (Phi) is 4.60. The summed E-state index contributed by atoms with van der Waals surface area (Å²) in [7, 11) is 1.92. The minimum absolute atomic E-state index is 0.0733. The number of carbonyl (C=O) groups excluding carboxylic acids is 1. The minimum atomic E-state index is -0.724. The molecule has 166 valence electrons. The van der Waals surface area contributed by atoms with E-state index < -0.39 is 5.41 Å². The van der Waals surface area contributed by atoms with Gasteiger partial charge < -0.3 is 10.6 Å². The number of aromatic nitrogens is 2. The fraction of sp³-hybridized carbons (Fsp3) is 0.417. The Hall–Kier alpha value is -2.93. The van der Waals surface area contributed by atoms with E-state index in [1.807, 2.05) is 44.8 Å². The molecule has 2 aromatic rings. The number of amides is 1. The van der Waals surface area contributed by atoms with Gasteiger partial charge in [0.15, 0.2) is 11.3 Å². The Morgan fingerprint density at radius 3 is 2.78 bits per heavy atom. The molecule has 0 saturated carbocycles. The van der Waals surface area contributed by atoms with Gasteiger partial charge in [0.05, 0.1) is 16.7 Å². The van der Waals surface area contributed by atoms with Crippen LogP contribution in [0.1, 0.15) is 44.9 Å². The van der Waals surface area contributed by atoms with Gasteiger partial charge in [0.2, 0.25) is 0 Å². The Morgan fingerprint density at radius 2 is 2.09 bits per heavy atom. The Bertz CT molecular complexity index is 1240. The molecule has 3 aliphatic rings. The highest BCUT2D eigenvalue weighted by Gasteiger charge is 2.54. The number of rotatable bonds is 3. The summed E-state index contributed by atoms with van der Waals surface area (Å²) in [6.45, 7) is 8.16. The van der Waals surface area contributed by atoms with E-state index in [-0.39, 0.29) is 17.6 Å². The molecule has 0 bridgehead atoms. The molecule has 1 aromatic carbocycles.